The Morgan fingerprint density at radius 3 is 2.67 bits per heavy atom. The van der Waals surface area contributed by atoms with Crippen molar-refractivity contribution in [2.24, 2.45) is 0 Å². The summed E-state index contributed by atoms with van der Waals surface area (Å²) < 4.78 is 10.5. The number of carbonyl (C=O) groups is 1. The molecule has 0 unspecified atom stereocenters. The molecule has 3 rings (SSSR count). The van der Waals surface area contributed by atoms with E-state index in [9.17, 15) is 4.79 Å². The third-order valence-corrected chi connectivity index (χ3v) is 4.10. The molecule has 0 radical (unpaired) electrons. The topological polar surface area (TPSA) is 81.2 Å². The van der Waals surface area contributed by atoms with Crippen LogP contribution in [0.5, 0.6) is 0 Å². The number of rotatable bonds is 6. The first-order chi connectivity index (χ1) is 11.6. The first kappa shape index (κ1) is 16.3. The predicted octanol–water partition coefficient (Wildman–Crippen LogP) is 4.01. The van der Waals surface area contributed by atoms with E-state index in [-0.39, 0.29) is 11.8 Å². The molecule has 1 amide bonds. The second-order valence-electron chi connectivity index (χ2n) is 5.42. The highest BCUT2D eigenvalue weighted by atomic mass is 32.2. The van der Waals surface area contributed by atoms with Crippen LogP contribution < -0.4 is 5.32 Å². The SMILES string of the molecule is CC(C)Sc1ccc(Cc2nnc(NC(=O)c3ccco3)o2)cc1. The molecule has 0 aliphatic rings. The lowest BCUT2D eigenvalue weighted by Crippen LogP contribution is -2.10. The maximum absolute atomic E-state index is 11.8. The number of hydrogen-bond acceptors (Lipinski definition) is 6. The van der Waals surface area contributed by atoms with Crippen LogP contribution in [0.1, 0.15) is 35.9 Å². The summed E-state index contributed by atoms with van der Waals surface area (Å²) in [6, 6.07) is 11.5. The Bertz CT molecular complexity index is 795. The average molecular weight is 343 g/mol. The van der Waals surface area contributed by atoms with Crippen molar-refractivity contribution in [3.05, 3.63) is 59.9 Å². The molecule has 0 aliphatic carbocycles. The zero-order valence-corrected chi connectivity index (χ0v) is 14.2. The zero-order valence-electron chi connectivity index (χ0n) is 13.4. The van der Waals surface area contributed by atoms with Crippen molar-refractivity contribution >= 4 is 23.7 Å². The molecule has 0 saturated carbocycles. The lowest BCUT2D eigenvalue weighted by atomic mass is 10.1. The molecule has 0 atom stereocenters. The number of benzene rings is 1. The van der Waals surface area contributed by atoms with E-state index in [0.29, 0.717) is 17.6 Å². The van der Waals surface area contributed by atoms with Crippen molar-refractivity contribution in [3.8, 4) is 0 Å². The summed E-state index contributed by atoms with van der Waals surface area (Å²) in [6.07, 6.45) is 1.94. The van der Waals surface area contributed by atoms with Gasteiger partial charge in [-0.3, -0.25) is 10.1 Å². The van der Waals surface area contributed by atoms with Gasteiger partial charge >= 0.3 is 6.01 Å². The predicted molar refractivity (Wildman–Crippen MR) is 91.2 cm³/mol. The summed E-state index contributed by atoms with van der Waals surface area (Å²) in [4.78, 5) is 13.1. The Morgan fingerprint density at radius 2 is 2.00 bits per heavy atom. The van der Waals surface area contributed by atoms with Crippen LogP contribution in [0.15, 0.2) is 56.4 Å². The molecule has 0 bridgehead atoms. The van der Waals surface area contributed by atoms with E-state index in [4.69, 9.17) is 8.83 Å². The summed E-state index contributed by atoms with van der Waals surface area (Å²) in [6.45, 7) is 4.32. The van der Waals surface area contributed by atoms with Crippen LogP contribution in [-0.2, 0) is 6.42 Å². The van der Waals surface area contributed by atoms with Crippen LogP contribution in [0, 0.1) is 0 Å². The van der Waals surface area contributed by atoms with E-state index in [0.717, 1.165) is 5.56 Å². The molecule has 2 heterocycles. The molecule has 24 heavy (non-hydrogen) atoms. The lowest BCUT2D eigenvalue weighted by Gasteiger charge is -2.05. The minimum absolute atomic E-state index is 0.0541. The minimum atomic E-state index is -0.426. The van der Waals surface area contributed by atoms with Gasteiger partial charge in [0.15, 0.2) is 5.76 Å². The number of hydrogen-bond donors (Lipinski definition) is 1. The molecule has 0 spiro atoms. The molecule has 2 aromatic heterocycles. The summed E-state index contributed by atoms with van der Waals surface area (Å²) >= 11 is 1.82. The average Bonchev–Trinajstić information content (AvgIpc) is 3.21. The highest BCUT2D eigenvalue weighted by Gasteiger charge is 2.13. The quantitative estimate of drug-likeness (QED) is 0.681. The Labute approximate surface area is 143 Å². The van der Waals surface area contributed by atoms with E-state index >= 15 is 0 Å². The number of aromatic nitrogens is 2. The highest BCUT2D eigenvalue weighted by Crippen LogP contribution is 2.23. The van der Waals surface area contributed by atoms with Crippen molar-refractivity contribution in [3.63, 3.8) is 0 Å². The summed E-state index contributed by atoms with van der Waals surface area (Å²) in [5.74, 6) is 0.201. The molecule has 3 aromatic rings. The van der Waals surface area contributed by atoms with Gasteiger partial charge in [-0.1, -0.05) is 31.1 Å². The molecular weight excluding hydrogens is 326 g/mol. The number of nitrogens with zero attached hydrogens (tertiary/aromatic N) is 2. The van der Waals surface area contributed by atoms with Crippen LogP contribution in [0.25, 0.3) is 0 Å². The first-order valence-corrected chi connectivity index (χ1v) is 8.41. The van der Waals surface area contributed by atoms with Crippen molar-refractivity contribution in [2.45, 2.75) is 30.4 Å². The highest BCUT2D eigenvalue weighted by molar-refractivity contribution is 7.99. The summed E-state index contributed by atoms with van der Waals surface area (Å²) in [5, 5.41) is 10.8. The number of nitrogens with one attached hydrogen (secondary N) is 1. The fourth-order valence-corrected chi connectivity index (χ4v) is 2.91. The summed E-state index contributed by atoms with van der Waals surface area (Å²) in [7, 11) is 0. The number of thioether (sulfide) groups is 1. The zero-order chi connectivity index (χ0) is 16.9. The minimum Gasteiger partial charge on any atom is -0.459 e. The number of furan rings is 1. The fourth-order valence-electron chi connectivity index (χ4n) is 2.07. The molecular formula is C17H17N3O3S. The maximum atomic E-state index is 11.8. The van der Waals surface area contributed by atoms with Crippen LogP contribution in [-0.4, -0.2) is 21.4 Å². The van der Waals surface area contributed by atoms with Gasteiger partial charge in [0, 0.05) is 10.1 Å². The van der Waals surface area contributed by atoms with Crippen molar-refractivity contribution < 1.29 is 13.6 Å². The second-order valence-corrected chi connectivity index (χ2v) is 7.07. The molecule has 1 aromatic carbocycles. The maximum Gasteiger partial charge on any atom is 0.322 e. The van der Waals surface area contributed by atoms with Gasteiger partial charge in [-0.05, 0) is 29.8 Å². The lowest BCUT2D eigenvalue weighted by molar-refractivity contribution is 0.0993. The van der Waals surface area contributed by atoms with Crippen LogP contribution in [0.2, 0.25) is 0 Å². The van der Waals surface area contributed by atoms with Crippen LogP contribution in [0.3, 0.4) is 0 Å². The molecule has 0 aliphatic heterocycles. The van der Waals surface area contributed by atoms with E-state index < -0.39 is 5.91 Å². The van der Waals surface area contributed by atoms with Crippen LogP contribution in [0.4, 0.5) is 6.01 Å². The molecule has 0 fully saturated rings. The first-order valence-electron chi connectivity index (χ1n) is 7.53. The number of amides is 1. The van der Waals surface area contributed by atoms with E-state index in [1.165, 1.54) is 11.2 Å². The van der Waals surface area contributed by atoms with Gasteiger partial charge in [0.1, 0.15) is 0 Å². The van der Waals surface area contributed by atoms with E-state index in [1.807, 2.05) is 23.9 Å². The third-order valence-electron chi connectivity index (χ3n) is 3.08. The van der Waals surface area contributed by atoms with Gasteiger partial charge in [0.05, 0.1) is 12.7 Å². The monoisotopic (exact) mass is 343 g/mol. The van der Waals surface area contributed by atoms with Crippen molar-refractivity contribution in [1.29, 1.82) is 0 Å². The van der Waals surface area contributed by atoms with Crippen molar-refractivity contribution in [1.82, 2.24) is 10.2 Å². The second kappa shape index (κ2) is 7.35. The van der Waals surface area contributed by atoms with Gasteiger partial charge in [0.25, 0.3) is 5.91 Å². The van der Waals surface area contributed by atoms with Gasteiger partial charge in [0.2, 0.25) is 5.89 Å². The molecule has 1 N–H and O–H groups in total. The largest absolute Gasteiger partial charge is 0.459 e. The van der Waals surface area contributed by atoms with Crippen LogP contribution >= 0.6 is 11.8 Å². The number of carbonyl (C=O) groups excluding carboxylic acids is 1. The fraction of sp³-hybridized carbons (Fsp3) is 0.235. The molecule has 7 heteroatoms. The normalized spacial score (nSPS) is 11.0. The Balaban J connectivity index is 1.60. The van der Waals surface area contributed by atoms with Crippen molar-refractivity contribution in [2.75, 3.05) is 5.32 Å². The Kier molecular flexibility index (Phi) is 5.00. The third kappa shape index (κ3) is 4.26. The summed E-state index contributed by atoms with van der Waals surface area (Å²) in [5.41, 5.74) is 1.07. The Morgan fingerprint density at radius 1 is 1.21 bits per heavy atom. The van der Waals surface area contributed by atoms with Gasteiger partial charge in [-0.15, -0.1) is 16.9 Å². The Hall–Kier alpha value is -2.54. The number of anilines is 1. The van der Waals surface area contributed by atoms with Gasteiger partial charge in [-0.2, -0.15) is 0 Å². The standard InChI is InChI=1S/C17H17N3O3S/c1-11(2)24-13-7-5-12(6-8-13)10-15-19-20-17(23-15)18-16(21)14-4-3-9-22-14/h3-9,11H,10H2,1-2H3,(H,18,20,21). The smallest absolute Gasteiger partial charge is 0.322 e. The molecule has 124 valence electrons. The van der Waals surface area contributed by atoms with Gasteiger partial charge in [-0.25, -0.2) is 0 Å². The van der Waals surface area contributed by atoms with E-state index in [1.54, 1.807) is 12.1 Å². The van der Waals surface area contributed by atoms with E-state index in [2.05, 4.69) is 41.5 Å². The van der Waals surface area contributed by atoms with Gasteiger partial charge < -0.3 is 8.83 Å². The molecule has 0 saturated heterocycles. The molecule has 6 nitrogen and oxygen atoms in total.